The number of amides is 2. The quantitative estimate of drug-likeness (QED) is 0.823. The van der Waals surface area contributed by atoms with Crippen molar-refractivity contribution < 1.29 is 14.3 Å². The van der Waals surface area contributed by atoms with E-state index in [4.69, 9.17) is 16.3 Å². The summed E-state index contributed by atoms with van der Waals surface area (Å²) in [6.07, 6.45) is 3.15. The third-order valence-corrected chi connectivity index (χ3v) is 4.17. The lowest BCUT2D eigenvalue weighted by molar-refractivity contribution is -0.121. The first-order valence-corrected chi connectivity index (χ1v) is 8.65. The molecule has 0 fully saturated rings. The Hall–Kier alpha value is -2.79. The van der Waals surface area contributed by atoms with Crippen LogP contribution in [0, 0.1) is 0 Å². The van der Waals surface area contributed by atoms with Crippen molar-refractivity contribution >= 4 is 40.9 Å². The molecule has 0 saturated heterocycles. The van der Waals surface area contributed by atoms with Gasteiger partial charge in [-0.05, 0) is 55.8 Å². The molecule has 1 heterocycles. The lowest BCUT2D eigenvalue weighted by atomic mass is 10.1. The fourth-order valence-electron chi connectivity index (χ4n) is 2.74. The van der Waals surface area contributed by atoms with Crippen molar-refractivity contribution in [1.29, 1.82) is 0 Å². The fourth-order valence-corrected chi connectivity index (χ4v) is 2.87. The predicted molar refractivity (Wildman–Crippen MR) is 104 cm³/mol. The SMILES string of the molecule is CC(C)N1C(=O)COc2ccc(NC(=O)/C=C/c3ccc(Cl)cc3)cc21. The van der Waals surface area contributed by atoms with Gasteiger partial charge >= 0.3 is 0 Å². The number of fused-ring (bicyclic) bond motifs is 1. The van der Waals surface area contributed by atoms with Gasteiger partial charge in [-0.25, -0.2) is 0 Å². The van der Waals surface area contributed by atoms with Crippen molar-refractivity contribution in [2.24, 2.45) is 0 Å². The number of carbonyl (C=O) groups is 2. The molecular weight excluding hydrogens is 352 g/mol. The van der Waals surface area contributed by atoms with Crippen molar-refractivity contribution in [3.05, 3.63) is 59.1 Å². The maximum atomic E-state index is 12.2. The van der Waals surface area contributed by atoms with Gasteiger partial charge in [-0.15, -0.1) is 0 Å². The fraction of sp³-hybridized carbons (Fsp3) is 0.200. The second-order valence-corrected chi connectivity index (χ2v) is 6.64. The number of hydrogen-bond acceptors (Lipinski definition) is 3. The molecule has 0 saturated carbocycles. The van der Waals surface area contributed by atoms with Crippen molar-refractivity contribution in [3.8, 4) is 5.75 Å². The molecule has 1 N–H and O–H groups in total. The van der Waals surface area contributed by atoms with Crippen LogP contribution in [0.1, 0.15) is 19.4 Å². The van der Waals surface area contributed by atoms with E-state index in [0.717, 1.165) is 5.56 Å². The van der Waals surface area contributed by atoms with Crippen LogP contribution in [0.15, 0.2) is 48.5 Å². The minimum Gasteiger partial charge on any atom is -0.482 e. The third kappa shape index (κ3) is 4.06. The zero-order chi connectivity index (χ0) is 18.7. The zero-order valence-electron chi connectivity index (χ0n) is 14.5. The Morgan fingerprint density at radius 2 is 1.96 bits per heavy atom. The summed E-state index contributed by atoms with van der Waals surface area (Å²) in [7, 11) is 0. The maximum Gasteiger partial charge on any atom is 0.265 e. The van der Waals surface area contributed by atoms with Crippen molar-refractivity contribution in [3.63, 3.8) is 0 Å². The number of carbonyl (C=O) groups excluding carboxylic acids is 2. The summed E-state index contributed by atoms with van der Waals surface area (Å²) in [5.74, 6) is 0.269. The number of nitrogens with zero attached hydrogens (tertiary/aromatic N) is 1. The van der Waals surface area contributed by atoms with Gasteiger partial charge in [0.2, 0.25) is 5.91 Å². The minimum atomic E-state index is -0.265. The molecule has 1 aliphatic heterocycles. The molecule has 0 aromatic heterocycles. The largest absolute Gasteiger partial charge is 0.482 e. The van der Waals surface area contributed by atoms with Gasteiger partial charge in [0.15, 0.2) is 6.61 Å². The van der Waals surface area contributed by atoms with Gasteiger partial charge in [0.1, 0.15) is 5.75 Å². The summed E-state index contributed by atoms with van der Waals surface area (Å²) in [6.45, 7) is 3.90. The van der Waals surface area contributed by atoms with Crippen LogP contribution in [-0.2, 0) is 9.59 Å². The molecule has 134 valence electrons. The minimum absolute atomic E-state index is 0.000835. The van der Waals surface area contributed by atoms with Crippen LogP contribution in [0.25, 0.3) is 6.08 Å². The Balaban J connectivity index is 1.75. The highest BCUT2D eigenvalue weighted by molar-refractivity contribution is 6.30. The summed E-state index contributed by atoms with van der Waals surface area (Å²) < 4.78 is 5.46. The highest BCUT2D eigenvalue weighted by atomic mass is 35.5. The van der Waals surface area contributed by atoms with E-state index in [-0.39, 0.29) is 24.5 Å². The molecule has 5 nitrogen and oxygen atoms in total. The third-order valence-electron chi connectivity index (χ3n) is 3.92. The van der Waals surface area contributed by atoms with Gasteiger partial charge in [0.05, 0.1) is 5.69 Å². The Labute approximate surface area is 157 Å². The van der Waals surface area contributed by atoms with Crippen molar-refractivity contribution in [1.82, 2.24) is 0 Å². The first kappa shape index (κ1) is 18.0. The number of hydrogen-bond donors (Lipinski definition) is 1. The number of rotatable bonds is 4. The van der Waals surface area contributed by atoms with Crippen molar-refractivity contribution in [2.45, 2.75) is 19.9 Å². The predicted octanol–water partition coefficient (Wildman–Crippen LogP) is 4.13. The highest BCUT2D eigenvalue weighted by Gasteiger charge is 2.27. The standard InChI is InChI=1S/C20H19ClN2O3/c1-13(2)23-17-11-16(8-9-18(17)26-12-20(23)25)22-19(24)10-5-14-3-6-15(21)7-4-14/h3-11,13H,12H2,1-2H3,(H,22,24)/b10-5+. The van der Waals surface area contributed by atoms with E-state index >= 15 is 0 Å². The summed E-state index contributed by atoms with van der Waals surface area (Å²) in [6, 6.07) is 12.4. The molecule has 0 aliphatic carbocycles. The Morgan fingerprint density at radius 1 is 1.23 bits per heavy atom. The molecule has 6 heteroatoms. The average molecular weight is 371 g/mol. The van der Waals surface area contributed by atoms with E-state index in [9.17, 15) is 9.59 Å². The summed E-state index contributed by atoms with van der Waals surface area (Å²) in [4.78, 5) is 26.0. The smallest absolute Gasteiger partial charge is 0.265 e. The molecule has 2 aromatic carbocycles. The molecule has 2 amide bonds. The molecule has 0 bridgehead atoms. The summed E-state index contributed by atoms with van der Waals surface area (Å²) in [5.41, 5.74) is 2.13. The molecule has 0 atom stereocenters. The van der Waals surface area contributed by atoms with Crippen LogP contribution in [0.4, 0.5) is 11.4 Å². The number of ether oxygens (including phenoxy) is 1. The first-order chi connectivity index (χ1) is 12.4. The molecule has 2 aromatic rings. The van der Waals surface area contributed by atoms with Crippen molar-refractivity contribution in [2.75, 3.05) is 16.8 Å². The Bertz CT molecular complexity index is 860. The van der Waals surface area contributed by atoms with Gasteiger partial charge in [0, 0.05) is 22.8 Å². The van der Waals surface area contributed by atoms with E-state index in [1.54, 1.807) is 41.3 Å². The molecule has 0 unspecified atom stereocenters. The average Bonchev–Trinajstić information content (AvgIpc) is 2.60. The number of nitrogens with one attached hydrogen (secondary N) is 1. The van der Waals surface area contributed by atoms with E-state index in [1.807, 2.05) is 26.0 Å². The molecule has 26 heavy (non-hydrogen) atoms. The zero-order valence-corrected chi connectivity index (χ0v) is 15.3. The number of halogens is 1. The molecule has 1 aliphatic rings. The highest BCUT2D eigenvalue weighted by Crippen LogP contribution is 2.35. The molecule has 0 spiro atoms. The maximum absolute atomic E-state index is 12.2. The Kier molecular flexibility index (Phi) is 5.28. The van der Waals surface area contributed by atoms with Gasteiger partial charge < -0.3 is 15.0 Å². The lowest BCUT2D eigenvalue weighted by Gasteiger charge is -2.32. The van der Waals surface area contributed by atoms with Crippen LogP contribution in [0.2, 0.25) is 5.02 Å². The summed E-state index contributed by atoms with van der Waals surface area (Å²) >= 11 is 5.84. The van der Waals surface area contributed by atoms with Crippen LogP contribution >= 0.6 is 11.6 Å². The summed E-state index contributed by atoms with van der Waals surface area (Å²) in [5, 5.41) is 3.45. The van der Waals surface area contributed by atoms with Gasteiger partial charge in [-0.3, -0.25) is 9.59 Å². The number of anilines is 2. The van der Waals surface area contributed by atoms with Crippen LogP contribution in [0.5, 0.6) is 5.75 Å². The lowest BCUT2D eigenvalue weighted by Crippen LogP contribution is -2.43. The van der Waals surface area contributed by atoms with Gasteiger partial charge in [0.25, 0.3) is 5.91 Å². The van der Waals surface area contributed by atoms with E-state index in [2.05, 4.69) is 5.32 Å². The first-order valence-electron chi connectivity index (χ1n) is 8.27. The van der Waals surface area contributed by atoms with Crippen LogP contribution < -0.4 is 15.0 Å². The van der Waals surface area contributed by atoms with Gasteiger partial charge in [-0.1, -0.05) is 23.7 Å². The normalized spacial score (nSPS) is 13.7. The molecule has 0 radical (unpaired) electrons. The topological polar surface area (TPSA) is 58.6 Å². The van der Waals surface area contributed by atoms with E-state index in [1.165, 1.54) is 6.08 Å². The number of benzene rings is 2. The van der Waals surface area contributed by atoms with Crippen LogP contribution in [-0.4, -0.2) is 24.5 Å². The molecule has 3 rings (SSSR count). The second kappa shape index (κ2) is 7.62. The second-order valence-electron chi connectivity index (χ2n) is 6.20. The van der Waals surface area contributed by atoms with Gasteiger partial charge in [-0.2, -0.15) is 0 Å². The Morgan fingerprint density at radius 3 is 2.65 bits per heavy atom. The monoisotopic (exact) mass is 370 g/mol. The van der Waals surface area contributed by atoms with Crippen LogP contribution in [0.3, 0.4) is 0 Å². The molecular formula is C20H19ClN2O3. The van der Waals surface area contributed by atoms with E-state index < -0.39 is 0 Å². The van der Waals surface area contributed by atoms with E-state index in [0.29, 0.717) is 22.1 Å².